The molecule has 1 atom stereocenters. The first-order valence-electron chi connectivity index (χ1n) is 6.98. The van der Waals surface area contributed by atoms with Gasteiger partial charge in [0, 0.05) is 26.0 Å². The molecule has 20 heavy (non-hydrogen) atoms. The van der Waals surface area contributed by atoms with Crippen LogP contribution in [0, 0.1) is 5.92 Å². The van der Waals surface area contributed by atoms with Gasteiger partial charge in [0.1, 0.15) is 5.65 Å². The van der Waals surface area contributed by atoms with Crippen LogP contribution in [0.5, 0.6) is 0 Å². The molecule has 1 N–H and O–H groups in total. The van der Waals surface area contributed by atoms with Crippen molar-refractivity contribution in [3.8, 4) is 0 Å². The zero-order chi connectivity index (χ0) is 14.1. The predicted octanol–water partition coefficient (Wildman–Crippen LogP) is 1.11. The van der Waals surface area contributed by atoms with Gasteiger partial charge in [0.15, 0.2) is 0 Å². The third kappa shape index (κ3) is 2.82. The number of aromatic nitrogens is 2. The van der Waals surface area contributed by atoms with Crippen molar-refractivity contribution >= 4 is 11.6 Å². The SMILES string of the molecule is CN(CC(O)C1CC1)C(=O)Cc1cn2ccccc2n1. The van der Waals surface area contributed by atoms with Gasteiger partial charge < -0.3 is 14.4 Å². The minimum Gasteiger partial charge on any atom is -0.391 e. The van der Waals surface area contributed by atoms with Crippen molar-refractivity contribution in [2.24, 2.45) is 5.92 Å². The second-order valence-electron chi connectivity index (χ2n) is 5.55. The van der Waals surface area contributed by atoms with E-state index in [0.717, 1.165) is 24.2 Å². The van der Waals surface area contributed by atoms with Gasteiger partial charge in [-0.3, -0.25) is 4.79 Å². The minimum absolute atomic E-state index is 0.00638. The van der Waals surface area contributed by atoms with Crippen LogP contribution < -0.4 is 0 Å². The minimum atomic E-state index is -0.384. The van der Waals surface area contributed by atoms with Gasteiger partial charge in [-0.05, 0) is 30.9 Å². The quantitative estimate of drug-likeness (QED) is 0.887. The number of aliphatic hydroxyl groups excluding tert-OH is 1. The van der Waals surface area contributed by atoms with E-state index in [4.69, 9.17) is 0 Å². The van der Waals surface area contributed by atoms with E-state index in [1.165, 1.54) is 0 Å². The molecule has 106 valence electrons. The van der Waals surface area contributed by atoms with Crippen LogP contribution in [0.3, 0.4) is 0 Å². The highest BCUT2D eigenvalue weighted by Gasteiger charge is 2.31. The number of carbonyl (C=O) groups excluding carboxylic acids is 1. The van der Waals surface area contributed by atoms with E-state index < -0.39 is 0 Å². The van der Waals surface area contributed by atoms with Crippen LogP contribution in [0.1, 0.15) is 18.5 Å². The van der Waals surface area contributed by atoms with Crippen molar-refractivity contribution in [3.63, 3.8) is 0 Å². The van der Waals surface area contributed by atoms with Crippen LogP contribution in [0.2, 0.25) is 0 Å². The zero-order valence-corrected chi connectivity index (χ0v) is 11.6. The maximum atomic E-state index is 12.1. The molecule has 0 aromatic carbocycles. The van der Waals surface area contributed by atoms with Crippen LogP contribution in [0.25, 0.3) is 5.65 Å². The predicted molar refractivity (Wildman–Crippen MR) is 75.3 cm³/mol. The second-order valence-corrected chi connectivity index (χ2v) is 5.55. The van der Waals surface area contributed by atoms with Gasteiger partial charge >= 0.3 is 0 Å². The third-order valence-electron chi connectivity index (χ3n) is 3.80. The Balaban J connectivity index is 1.62. The zero-order valence-electron chi connectivity index (χ0n) is 11.6. The average Bonchev–Trinajstić information content (AvgIpc) is 3.19. The largest absolute Gasteiger partial charge is 0.391 e. The summed E-state index contributed by atoms with van der Waals surface area (Å²) in [6.07, 6.45) is 5.83. The molecule has 3 rings (SSSR count). The molecule has 1 saturated carbocycles. The Bertz CT molecular complexity index is 585. The summed E-state index contributed by atoms with van der Waals surface area (Å²) in [4.78, 5) is 18.2. The van der Waals surface area contributed by atoms with E-state index in [9.17, 15) is 9.90 Å². The Kier molecular flexibility index (Phi) is 3.44. The summed E-state index contributed by atoms with van der Waals surface area (Å²) in [5.41, 5.74) is 1.60. The fourth-order valence-corrected chi connectivity index (χ4v) is 2.37. The maximum Gasteiger partial charge on any atom is 0.228 e. The summed E-state index contributed by atoms with van der Waals surface area (Å²) in [5, 5.41) is 9.88. The van der Waals surface area contributed by atoms with E-state index in [1.54, 1.807) is 11.9 Å². The summed E-state index contributed by atoms with van der Waals surface area (Å²) in [6.45, 7) is 0.414. The van der Waals surface area contributed by atoms with Gasteiger partial charge in [0.05, 0.1) is 18.2 Å². The maximum absolute atomic E-state index is 12.1. The highest BCUT2D eigenvalue weighted by atomic mass is 16.3. The van der Waals surface area contributed by atoms with E-state index in [0.29, 0.717) is 12.5 Å². The van der Waals surface area contributed by atoms with Crippen molar-refractivity contribution in [2.75, 3.05) is 13.6 Å². The molecule has 0 bridgehead atoms. The number of likely N-dealkylation sites (N-methyl/N-ethyl adjacent to an activating group) is 1. The van der Waals surface area contributed by atoms with Crippen LogP contribution in [0.15, 0.2) is 30.6 Å². The van der Waals surface area contributed by atoms with Gasteiger partial charge in [-0.1, -0.05) is 6.07 Å². The first kappa shape index (κ1) is 13.1. The lowest BCUT2D eigenvalue weighted by molar-refractivity contribution is -0.130. The smallest absolute Gasteiger partial charge is 0.228 e. The van der Waals surface area contributed by atoms with E-state index in [1.807, 2.05) is 35.0 Å². The van der Waals surface area contributed by atoms with Crippen LogP contribution in [0.4, 0.5) is 0 Å². The lowest BCUT2D eigenvalue weighted by Crippen LogP contribution is -2.36. The summed E-state index contributed by atoms with van der Waals surface area (Å²) < 4.78 is 1.90. The fraction of sp³-hybridized carbons (Fsp3) is 0.467. The molecule has 5 heteroatoms. The van der Waals surface area contributed by atoms with Gasteiger partial charge in [0.25, 0.3) is 0 Å². The monoisotopic (exact) mass is 273 g/mol. The molecule has 0 radical (unpaired) electrons. The van der Waals surface area contributed by atoms with E-state index >= 15 is 0 Å². The van der Waals surface area contributed by atoms with Gasteiger partial charge in [0.2, 0.25) is 5.91 Å². The Morgan fingerprint density at radius 2 is 2.35 bits per heavy atom. The molecule has 1 fully saturated rings. The van der Waals surface area contributed by atoms with Crippen LogP contribution in [-0.4, -0.2) is 45.0 Å². The Labute approximate surface area is 117 Å². The molecule has 0 spiro atoms. The summed E-state index contributed by atoms with van der Waals surface area (Å²) in [7, 11) is 1.74. The second kappa shape index (κ2) is 5.25. The molecule has 1 amide bonds. The molecule has 1 unspecified atom stereocenters. The standard InChI is InChI=1S/C15H19N3O2/c1-17(10-13(19)11-5-6-11)15(20)8-12-9-18-7-3-2-4-14(18)16-12/h2-4,7,9,11,13,19H,5-6,8,10H2,1H3. The lowest BCUT2D eigenvalue weighted by atomic mass is 10.2. The molecular formula is C15H19N3O2. The molecule has 2 aromatic rings. The van der Waals surface area contributed by atoms with Gasteiger partial charge in [-0.25, -0.2) is 4.98 Å². The van der Waals surface area contributed by atoms with Crippen LogP contribution in [-0.2, 0) is 11.2 Å². The number of hydrogen-bond donors (Lipinski definition) is 1. The van der Waals surface area contributed by atoms with E-state index in [-0.39, 0.29) is 18.4 Å². The van der Waals surface area contributed by atoms with Crippen LogP contribution >= 0.6 is 0 Å². The summed E-state index contributed by atoms with van der Waals surface area (Å²) >= 11 is 0. The first-order chi connectivity index (χ1) is 9.63. The number of pyridine rings is 1. The fourth-order valence-electron chi connectivity index (χ4n) is 2.37. The highest BCUT2D eigenvalue weighted by molar-refractivity contribution is 5.78. The van der Waals surface area contributed by atoms with Crippen molar-refractivity contribution < 1.29 is 9.90 Å². The third-order valence-corrected chi connectivity index (χ3v) is 3.80. The molecule has 1 aliphatic rings. The Morgan fingerprint density at radius 1 is 1.55 bits per heavy atom. The number of fused-ring (bicyclic) bond motifs is 1. The number of amides is 1. The molecule has 2 aromatic heterocycles. The van der Waals surface area contributed by atoms with Crippen molar-refractivity contribution in [2.45, 2.75) is 25.4 Å². The lowest BCUT2D eigenvalue weighted by Gasteiger charge is -2.20. The van der Waals surface area contributed by atoms with Gasteiger partial charge in [-0.2, -0.15) is 0 Å². The van der Waals surface area contributed by atoms with Crippen molar-refractivity contribution in [3.05, 3.63) is 36.3 Å². The number of hydrogen-bond acceptors (Lipinski definition) is 3. The number of aliphatic hydroxyl groups is 1. The number of nitrogens with zero attached hydrogens (tertiary/aromatic N) is 3. The Morgan fingerprint density at radius 3 is 3.05 bits per heavy atom. The summed E-state index contributed by atoms with van der Waals surface area (Å²) in [5.74, 6) is 0.383. The molecular weight excluding hydrogens is 254 g/mol. The molecule has 0 saturated heterocycles. The van der Waals surface area contributed by atoms with E-state index in [2.05, 4.69) is 4.98 Å². The molecule has 2 heterocycles. The number of carbonyl (C=O) groups is 1. The highest BCUT2D eigenvalue weighted by Crippen LogP contribution is 2.32. The van der Waals surface area contributed by atoms with Crippen molar-refractivity contribution in [1.29, 1.82) is 0 Å². The molecule has 5 nitrogen and oxygen atoms in total. The number of rotatable bonds is 5. The number of imidazole rings is 1. The first-order valence-corrected chi connectivity index (χ1v) is 6.98. The van der Waals surface area contributed by atoms with Crippen molar-refractivity contribution in [1.82, 2.24) is 14.3 Å². The molecule has 0 aliphatic heterocycles. The van der Waals surface area contributed by atoms with Gasteiger partial charge in [-0.15, -0.1) is 0 Å². The topological polar surface area (TPSA) is 57.8 Å². The summed E-state index contributed by atoms with van der Waals surface area (Å²) in [6, 6.07) is 5.76. The normalized spacial score (nSPS) is 16.3. The average molecular weight is 273 g/mol. The Hall–Kier alpha value is -1.88. The molecule has 1 aliphatic carbocycles.